The molecule has 0 radical (unpaired) electrons. The van der Waals surface area contributed by atoms with E-state index in [4.69, 9.17) is 0 Å². The van der Waals surface area contributed by atoms with Gasteiger partial charge in [0.25, 0.3) is 0 Å². The van der Waals surface area contributed by atoms with Crippen molar-refractivity contribution in [1.29, 1.82) is 0 Å². The van der Waals surface area contributed by atoms with E-state index in [1.165, 1.54) is 5.56 Å². The number of rotatable bonds is 6. The van der Waals surface area contributed by atoms with Gasteiger partial charge in [-0.1, -0.05) is 62.4 Å². The molecule has 1 amide bonds. The maximum Gasteiger partial charge on any atom is 0.242 e. The molecule has 0 bridgehead atoms. The van der Waals surface area contributed by atoms with E-state index in [9.17, 15) is 4.79 Å². The molecule has 0 saturated carbocycles. The minimum atomic E-state index is -0.187. The highest BCUT2D eigenvalue weighted by atomic mass is 16.2. The summed E-state index contributed by atoms with van der Waals surface area (Å²) in [5, 5.41) is 3.11. The Morgan fingerprint density at radius 3 is 2.56 bits per heavy atom. The van der Waals surface area contributed by atoms with Gasteiger partial charge in [-0.2, -0.15) is 0 Å². The normalized spacial score (nSPS) is 20.0. The Morgan fingerprint density at radius 2 is 1.80 bits per heavy atom. The lowest BCUT2D eigenvalue weighted by atomic mass is 9.99. The highest BCUT2D eigenvalue weighted by Crippen LogP contribution is 2.21. The monoisotopic (exact) mass is 337 g/mol. The van der Waals surface area contributed by atoms with E-state index in [1.54, 1.807) is 0 Å². The van der Waals surface area contributed by atoms with Gasteiger partial charge >= 0.3 is 0 Å². The molecule has 2 atom stereocenters. The predicted octanol–water partition coefficient (Wildman–Crippen LogP) is 3.50. The highest BCUT2D eigenvalue weighted by molar-refractivity contribution is 5.95. The smallest absolute Gasteiger partial charge is 0.242 e. The standard InChI is InChI=1S/C21H27N3O/c1-15(2)12-18-14-20(24-23-18)21(25)22-19-11-7-6-10-17(19)13-16-8-4-3-5-9-16/h3-11,15,18,20,23-24H,12-14H2,1-2H3,(H,22,25). The fourth-order valence-electron chi connectivity index (χ4n) is 3.35. The first-order valence-corrected chi connectivity index (χ1v) is 9.05. The first-order valence-electron chi connectivity index (χ1n) is 9.05. The summed E-state index contributed by atoms with van der Waals surface area (Å²) < 4.78 is 0. The van der Waals surface area contributed by atoms with Gasteiger partial charge in [-0.25, -0.2) is 5.43 Å². The van der Waals surface area contributed by atoms with Gasteiger partial charge in [0, 0.05) is 11.7 Å². The van der Waals surface area contributed by atoms with Crippen molar-refractivity contribution >= 4 is 11.6 Å². The maximum atomic E-state index is 12.6. The van der Waals surface area contributed by atoms with E-state index in [0.717, 1.165) is 30.5 Å². The minimum Gasteiger partial charge on any atom is -0.324 e. The van der Waals surface area contributed by atoms with E-state index in [0.29, 0.717) is 12.0 Å². The fraction of sp³-hybridized carbons (Fsp3) is 0.381. The van der Waals surface area contributed by atoms with E-state index < -0.39 is 0 Å². The van der Waals surface area contributed by atoms with E-state index in [2.05, 4.69) is 48.2 Å². The number of hydrogen-bond donors (Lipinski definition) is 3. The van der Waals surface area contributed by atoms with Crippen LogP contribution in [0.2, 0.25) is 0 Å². The summed E-state index contributed by atoms with van der Waals surface area (Å²) in [6, 6.07) is 18.5. The zero-order chi connectivity index (χ0) is 17.6. The van der Waals surface area contributed by atoms with Gasteiger partial charge in [-0.3, -0.25) is 10.2 Å². The molecule has 1 aliphatic heterocycles. The molecule has 1 aliphatic rings. The topological polar surface area (TPSA) is 53.2 Å². The molecule has 0 aliphatic carbocycles. The molecule has 1 saturated heterocycles. The molecule has 3 rings (SSSR count). The average Bonchev–Trinajstić information content (AvgIpc) is 3.05. The fourth-order valence-corrected chi connectivity index (χ4v) is 3.35. The summed E-state index contributed by atoms with van der Waals surface area (Å²) in [6.45, 7) is 4.41. The molecule has 4 heteroatoms. The zero-order valence-corrected chi connectivity index (χ0v) is 15.0. The molecular formula is C21H27N3O. The van der Waals surface area contributed by atoms with Crippen LogP contribution in [0.5, 0.6) is 0 Å². The van der Waals surface area contributed by atoms with Crippen LogP contribution in [-0.2, 0) is 11.2 Å². The lowest BCUT2D eigenvalue weighted by molar-refractivity contribution is -0.117. The molecule has 0 spiro atoms. The summed E-state index contributed by atoms with van der Waals surface area (Å²) in [6.07, 6.45) is 2.70. The predicted molar refractivity (Wildman–Crippen MR) is 102 cm³/mol. The number of nitrogens with one attached hydrogen (secondary N) is 3. The molecule has 1 heterocycles. The third kappa shape index (κ3) is 4.91. The molecular weight excluding hydrogens is 310 g/mol. The number of carbonyl (C=O) groups excluding carboxylic acids is 1. The van der Waals surface area contributed by atoms with Crippen LogP contribution >= 0.6 is 0 Å². The van der Waals surface area contributed by atoms with Gasteiger partial charge in [0.15, 0.2) is 0 Å². The summed E-state index contributed by atoms with van der Waals surface area (Å²) >= 11 is 0. The van der Waals surface area contributed by atoms with Crippen LogP contribution in [0.1, 0.15) is 37.8 Å². The lowest BCUT2D eigenvalue weighted by Gasteiger charge is -2.14. The number of amides is 1. The first kappa shape index (κ1) is 17.6. The van der Waals surface area contributed by atoms with Crippen molar-refractivity contribution in [1.82, 2.24) is 10.9 Å². The molecule has 0 aromatic heterocycles. The second kappa shape index (κ2) is 8.28. The maximum absolute atomic E-state index is 12.6. The van der Waals surface area contributed by atoms with Crippen LogP contribution in [0.4, 0.5) is 5.69 Å². The van der Waals surface area contributed by atoms with Gasteiger partial charge in [-0.15, -0.1) is 0 Å². The molecule has 2 aromatic rings. The van der Waals surface area contributed by atoms with Gasteiger partial charge in [-0.05, 0) is 42.4 Å². The molecule has 2 unspecified atom stereocenters. The molecule has 3 N–H and O–H groups in total. The summed E-state index contributed by atoms with van der Waals surface area (Å²) in [4.78, 5) is 12.6. The van der Waals surface area contributed by atoms with Gasteiger partial charge < -0.3 is 5.32 Å². The number of para-hydroxylation sites is 1. The van der Waals surface area contributed by atoms with Crippen LogP contribution in [-0.4, -0.2) is 18.0 Å². The minimum absolute atomic E-state index is 0.0271. The van der Waals surface area contributed by atoms with E-state index >= 15 is 0 Å². The second-order valence-corrected chi connectivity index (χ2v) is 7.21. The Kier molecular flexibility index (Phi) is 5.84. The quantitative estimate of drug-likeness (QED) is 0.756. The Bertz CT molecular complexity index is 699. The van der Waals surface area contributed by atoms with Gasteiger partial charge in [0.05, 0.1) is 0 Å². The first-order chi connectivity index (χ1) is 12.1. The largest absolute Gasteiger partial charge is 0.324 e. The Morgan fingerprint density at radius 1 is 1.08 bits per heavy atom. The SMILES string of the molecule is CC(C)CC1CC(C(=O)Nc2ccccc2Cc2ccccc2)NN1. The van der Waals surface area contributed by atoms with Crippen molar-refractivity contribution in [2.75, 3.05) is 5.32 Å². The molecule has 1 fully saturated rings. The Labute approximate surface area is 150 Å². The molecule has 132 valence electrons. The highest BCUT2D eigenvalue weighted by Gasteiger charge is 2.29. The van der Waals surface area contributed by atoms with Crippen LogP contribution in [0, 0.1) is 5.92 Å². The summed E-state index contributed by atoms with van der Waals surface area (Å²) in [5.41, 5.74) is 9.65. The number of anilines is 1. The average molecular weight is 337 g/mol. The number of hydrazine groups is 1. The second-order valence-electron chi connectivity index (χ2n) is 7.21. The third-order valence-corrected chi connectivity index (χ3v) is 4.57. The van der Waals surface area contributed by atoms with E-state index in [-0.39, 0.29) is 11.9 Å². The van der Waals surface area contributed by atoms with Crippen molar-refractivity contribution in [3.05, 3.63) is 65.7 Å². The van der Waals surface area contributed by atoms with Crippen LogP contribution in [0.3, 0.4) is 0 Å². The third-order valence-electron chi connectivity index (χ3n) is 4.57. The molecule has 2 aromatic carbocycles. The number of carbonyl (C=O) groups is 1. The zero-order valence-electron chi connectivity index (χ0n) is 15.0. The Hall–Kier alpha value is -2.17. The van der Waals surface area contributed by atoms with Crippen LogP contribution < -0.4 is 16.2 Å². The summed E-state index contributed by atoms with van der Waals surface area (Å²) in [5.74, 6) is 0.645. The Balaban J connectivity index is 1.64. The number of hydrogen-bond acceptors (Lipinski definition) is 3. The van der Waals surface area contributed by atoms with Crippen molar-refractivity contribution < 1.29 is 4.79 Å². The van der Waals surface area contributed by atoms with Crippen molar-refractivity contribution in [2.24, 2.45) is 5.92 Å². The number of benzene rings is 2. The summed E-state index contributed by atoms with van der Waals surface area (Å²) in [7, 11) is 0. The molecule has 4 nitrogen and oxygen atoms in total. The van der Waals surface area contributed by atoms with Crippen LogP contribution in [0.15, 0.2) is 54.6 Å². The van der Waals surface area contributed by atoms with Crippen molar-refractivity contribution in [2.45, 2.75) is 45.2 Å². The van der Waals surface area contributed by atoms with Crippen LogP contribution in [0.25, 0.3) is 0 Å². The van der Waals surface area contributed by atoms with Crippen molar-refractivity contribution in [3.8, 4) is 0 Å². The van der Waals surface area contributed by atoms with Crippen molar-refractivity contribution in [3.63, 3.8) is 0 Å². The molecule has 25 heavy (non-hydrogen) atoms. The lowest BCUT2D eigenvalue weighted by Crippen LogP contribution is -2.40. The van der Waals surface area contributed by atoms with Gasteiger partial charge in [0.1, 0.15) is 6.04 Å². The van der Waals surface area contributed by atoms with E-state index in [1.807, 2.05) is 36.4 Å². The van der Waals surface area contributed by atoms with Gasteiger partial charge in [0.2, 0.25) is 5.91 Å².